The Bertz CT molecular complexity index is 815. The first-order valence-electron chi connectivity index (χ1n) is 6.16. The highest BCUT2D eigenvalue weighted by molar-refractivity contribution is 9.10. The first kappa shape index (κ1) is 14.0. The number of nitrogens with two attached hydrogens (primary N) is 1. The SMILES string of the molecule is Cc1cc(-c2nnnn2-c2ccc(Cl)cc2Br)ccc1N. The molecule has 0 saturated heterocycles. The molecule has 21 heavy (non-hydrogen) atoms. The molecule has 0 aliphatic heterocycles. The van der Waals surface area contributed by atoms with E-state index in [4.69, 9.17) is 17.3 Å². The lowest BCUT2D eigenvalue weighted by Gasteiger charge is -2.08. The summed E-state index contributed by atoms with van der Waals surface area (Å²) in [4.78, 5) is 0. The molecule has 0 amide bonds. The number of hydrogen-bond donors (Lipinski definition) is 1. The summed E-state index contributed by atoms with van der Waals surface area (Å²) in [6, 6.07) is 11.2. The largest absolute Gasteiger partial charge is 0.399 e. The lowest BCUT2D eigenvalue weighted by Crippen LogP contribution is -2.01. The van der Waals surface area contributed by atoms with Gasteiger partial charge in [-0.2, -0.15) is 4.68 Å². The molecule has 2 aromatic carbocycles. The predicted molar refractivity (Wildman–Crippen MR) is 86.4 cm³/mol. The first-order valence-corrected chi connectivity index (χ1v) is 7.33. The number of benzene rings is 2. The third-order valence-electron chi connectivity index (χ3n) is 3.14. The van der Waals surface area contributed by atoms with Gasteiger partial charge in [0.2, 0.25) is 0 Å². The summed E-state index contributed by atoms with van der Waals surface area (Å²) in [5, 5.41) is 12.6. The van der Waals surface area contributed by atoms with Crippen LogP contribution in [0.3, 0.4) is 0 Å². The van der Waals surface area contributed by atoms with E-state index < -0.39 is 0 Å². The first-order chi connectivity index (χ1) is 10.1. The number of aromatic nitrogens is 4. The molecule has 1 aromatic heterocycles. The number of halogens is 2. The standard InChI is InChI=1S/C14H11BrClN5/c1-8-6-9(2-4-12(8)17)14-18-19-20-21(14)13-5-3-10(16)7-11(13)15/h2-7H,17H2,1H3. The maximum atomic E-state index is 5.97. The molecule has 1 heterocycles. The van der Waals surface area contributed by atoms with Gasteiger partial charge in [-0.05, 0) is 75.2 Å². The number of tetrazole rings is 1. The average Bonchev–Trinajstić information content (AvgIpc) is 2.91. The van der Waals surface area contributed by atoms with Gasteiger partial charge in [0.05, 0.1) is 5.69 Å². The van der Waals surface area contributed by atoms with E-state index >= 15 is 0 Å². The molecule has 0 atom stereocenters. The third-order valence-corrected chi connectivity index (χ3v) is 4.01. The van der Waals surface area contributed by atoms with Gasteiger partial charge in [-0.1, -0.05) is 11.6 Å². The summed E-state index contributed by atoms with van der Waals surface area (Å²) in [7, 11) is 0. The fraction of sp³-hybridized carbons (Fsp3) is 0.0714. The molecule has 0 spiro atoms. The second-order valence-corrected chi connectivity index (χ2v) is 5.87. The quantitative estimate of drug-likeness (QED) is 0.705. The van der Waals surface area contributed by atoms with E-state index in [1.165, 1.54) is 0 Å². The van der Waals surface area contributed by atoms with Crippen LogP contribution in [0.1, 0.15) is 5.56 Å². The maximum absolute atomic E-state index is 5.97. The summed E-state index contributed by atoms with van der Waals surface area (Å²) in [5.41, 5.74) is 9.29. The van der Waals surface area contributed by atoms with Crippen molar-refractivity contribution < 1.29 is 0 Å². The number of anilines is 1. The van der Waals surface area contributed by atoms with Crippen LogP contribution in [0.5, 0.6) is 0 Å². The van der Waals surface area contributed by atoms with Crippen LogP contribution in [-0.2, 0) is 0 Å². The summed E-state index contributed by atoms with van der Waals surface area (Å²) < 4.78 is 2.47. The molecule has 0 fully saturated rings. The van der Waals surface area contributed by atoms with Gasteiger partial charge < -0.3 is 5.73 Å². The summed E-state index contributed by atoms with van der Waals surface area (Å²) in [5.74, 6) is 0.640. The van der Waals surface area contributed by atoms with Gasteiger partial charge in [-0.3, -0.25) is 0 Å². The number of rotatable bonds is 2. The van der Waals surface area contributed by atoms with E-state index in [1.807, 2.05) is 31.2 Å². The molecule has 0 aliphatic rings. The van der Waals surface area contributed by atoms with E-state index in [-0.39, 0.29) is 0 Å². The van der Waals surface area contributed by atoms with E-state index in [1.54, 1.807) is 16.8 Å². The van der Waals surface area contributed by atoms with E-state index in [2.05, 4.69) is 31.5 Å². The molecule has 0 bridgehead atoms. The van der Waals surface area contributed by atoms with Crippen molar-refractivity contribution in [2.45, 2.75) is 6.92 Å². The zero-order valence-corrected chi connectivity index (χ0v) is 13.4. The molecular formula is C14H11BrClN5. The van der Waals surface area contributed by atoms with Crippen LogP contribution in [-0.4, -0.2) is 20.2 Å². The van der Waals surface area contributed by atoms with Gasteiger partial charge in [0.15, 0.2) is 5.82 Å². The van der Waals surface area contributed by atoms with Crippen molar-refractivity contribution in [3.63, 3.8) is 0 Å². The molecule has 7 heteroatoms. The normalized spacial score (nSPS) is 10.8. The fourth-order valence-electron chi connectivity index (χ4n) is 2.00. The highest BCUT2D eigenvalue weighted by Gasteiger charge is 2.14. The minimum absolute atomic E-state index is 0.640. The lowest BCUT2D eigenvalue weighted by atomic mass is 10.1. The monoisotopic (exact) mass is 363 g/mol. The lowest BCUT2D eigenvalue weighted by molar-refractivity contribution is 0.789. The van der Waals surface area contributed by atoms with Gasteiger partial charge in [0.1, 0.15) is 0 Å². The Morgan fingerprint density at radius 1 is 1.19 bits per heavy atom. The minimum atomic E-state index is 0.640. The van der Waals surface area contributed by atoms with Gasteiger partial charge in [0.25, 0.3) is 0 Å². The molecule has 3 rings (SSSR count). The summed E-state index contributed by atoms with van der Waals surface area (Å²) in [6.07, 6.45) is 0. The van der Waals surface area contributed by atoms with Crippen molar-refractivity contribution in [3.8, 4) is 17.1 Å². The van der Waals surface area contributed by atoms with Gasteiger partial charge in [0, 0.05) is 20.7 Å². The Morgan fingerprint density at radius 3 is 2.71 bits per heavy atom. The second-order valence-electron chi connectivity index (χ2n) is 4.58. The molecule has 0 aliphatic carbocycles. The molecule has 106 valence electrons. The molecule has 0 saturated carbocycles. The third kappa shape index (κ3) is 2.64. The van der Waals surface area contributed by atoms with E-state index in [0.717, 1.165) is 27.0 Å². The number of nitrogens with zero attached hydrogens (tertiary/aromatic N) is 4. The number of hydrogen-bond acceptors (Lipinski definition) is 4. The molecule has 0 radical (unpaired) electrons. The predicted octanol–water partition coefficient (Wildman–Crippen LogP) is 3.64. The van der Waals surface area contributed by atoms with Crippen molar-refractivity contribution in [2.75, 3.05) is 5.73 Å². The van der Waals surface area contributed by atoms with Gasteiger partial charge in [-0.25, -0.2) is 0 Å². The summed E-state index contributed by atoms with van der Waals surface area (Å²) >= 11 is 9.45. The molecule has 0 unspecified atom stereocenters. The average molecular weight is 365 g/mol. The Morgan fingerprint density at radius 2 is 2.00 bits per heavy atom. The molecular weight excluding hydrogens is 354 g/mol. The van der Waals surface area contributed by atoms with E-state index in [0.29, 0.717) is 10.8 Å². The number of aryl methyl sites for hydroxylation is 1. The van der Waals surface area contributed by atoms with Crippen LogP contribution >= 0.6 is 27.5 Å². The van der Waals surface area contributed by atoms with Crippen molar-refractivity contribution in [1.82, 2.24) is 20.2 Å². The minimum Gasteiger partial charge on any atom is -0.399 e. The van der Waals surface area contributed by atoms with E-state index in [9.17, 15) is 0 Å². The number of nitrogen functional groups attached to an aromatic ring is 1. The molecule has 3 aromatic rings. The summed E-state index contributed by atoms with van der Waals surface area (Å²) in [6.45, 7) is 1.95. The zero-order valence-electron chi connectivity index (χ0n) is 11.1. The second kappa shape index (κ2) is 5.46. The van der Waals surface area contributed by atoms with Crippen LogP contribution in [0.4, 0.5) is 5.69 Å². The maximum Gasteiger partial charge on any atom is 0.187 e. The van der Waals surface area contributed by atoms with Crippen molar-refractivity contribution >= 4 is 33.2 Å². The topological polar surface area (TPSA) is 69.6 Å². The van der Waals surface area contributed by atoms with Crippen molar-refractivity contribution in [1.29, 1.82) is 0 Å². The fourth-order valence-corrected chi connectivity index (χ4v) is 2.85. The Hall–Kier alpha value is -1.92. The highest BCUT2D eigenvalue weighted by Crippen LogP contribution is 2.28. The molecule has 5 nitrogen and oxygen atoms in total. The Kier molecular flexibility index (Phi) is 3.65. The van der Waals surface area contributed by atoms with Crippen molar-refractivity contribution in [2.24, 2.45) is 0 Å². The zero-order chi connectivity index (χ0) is 15.0. The van der Waals surface area contributed by atoms with Crippen molar-refractivity contribution in [3.05, 3.63) is 51.5 Å². The van der Waals surface area contributed by atoms with Crippen LogP contribution in [0, 0.1) is 6.92 Å². The van der Waals surface area contributed by atoms with Crippen LogP contribution in [0.15, 0.2) is 40.9 Å². The smallest absolute Gasteiger partial charge is 0.187 e. The van der Waals surface area contributed by atoms with Crippen LogP contribution in [0.25, 0.3) is 17.1 Å². The van der Waals surface area contributed by atoms with Gasteiger partial charge >= 0.3 is 0 Å². The highest BCUT2D eigenvalue weighted by atomic mass is 79.9. The van der Waals surface area contributed by atoms with Gasteiger partial charge in [-0.15, -0.1) is 5.10 Å². The molecule has 2 N–H and O–H groups in total. The van der Waals surface area contributed by atoms with Crippen LogP contribution in [0.2, 0.25) is 5.02 Å². The Balaban J connectivity index is 2.14. The van der Waals surface area contributed by atoms with Crippen LogP contribution < -0.4 is 5.73 Å². The Labute approximate surface area is 134 Å².